The molecule has 20 heavy (non-hydrogen) atoms. The van der Waals surface area contributed by atoms with Gasteiger partial charge in [0.15, 0.2) is 0 Å². The van der Waals surface area contributed by atoms with Crippen LogP contribution in [0.15, 0.2) is 18.2 Å². The van der Waals surface area contributed by atoms with E-state index in [4.69, 9.17) is 28.2 Å². The molecule has 0 spiro atoms. The van der Waals surface area contributed by atoms with E-state index in [9.17, 15) is 0 Å². The normalized spacial score (nSPS) is 23.4. The van der Waals surface area contributed by atoms with Crippen LogP contribution < -0.4 is 0 Å². The van der Waals surface area contributed by atoms with Crippen molar-refractivity contribution in [1.82, 2.24) is 9.55 Å². The van der Waals surface area contributed by atoms with Gasteiger partial charge in [0.1, 0.15) is 5.82 Å². The standard InChI is InChI=1S/C16H20Cl2N2/c1-11-4-2-5-12(10-11)20-15(8-9-17)19-14-7-3-6-13(18)16(14)20/h3,6-7,11-12H,2,4-5,8-10H2,1H3. The molecule has 2 aromatic rings. The maximum Gasteiger partial charge on any atom is 0.111 e. The Labute approximate surface area is 130 Å². The van der Waals surface area contributed by atoms with Crippen LogP contribution in [0, 0.1) is 5.92 Å². The Morgan fingerprint density at radius 1 is 1.35 bits per heavy atom. The predicted molar refractivity (Wildman–Crippen MR) is 85.8 cm³/mol. The van der Waals surface area contributed by atoms with Crippen LogP contribution >= 0.6 is 23.2 Å². The molecule has 4 heteroatoms. The van der Waals surface area contributed by atoms with Crippen LogP contribution in [0.4, 0.5) is 0 Å². The minimum atomic E-state index is 0.516. The lowest BCUT2D eigenvalue weighted by Crippen LogP contribution is -2.19. The molecule has 2 nitrogen and oxygen atoms in total. The quantitative estimate of drug-likeness (QED) is 0.710. The van der Waals surface area contributed by atoms with E-state index in [1.54, 1.807) is 0 Å². The zero-order valence-electron chi connectivity index (χ0n) is 11.8. The average molecular weight is 311 g/mol. The minimum Gasteiger partial charge on any atom is -0.324 e. The van der Waals surface area contributed by atoms with E-state index in [2.05, 4.69) is 11.5 Å². The lowest BCUT2D eigenvalue weighted by Gasteiger charge is -2.29. The largest absolute Gasteiger partial charge is 0.324 e. The Morgan fingerprint density at radius 2 is 2.20 bits per heavy atom. The van der Waals surface area contributed by atoms with E-state index in [1.165, 1.54) is 25.7 Å². The summed E-state index contributed by atoms with van der Waals surface area (Å²) in [6.07, 6.45) is 5.86. The SMILES string of the molecule is CC1CCCC(n2c(CCCl)nc3cccc(Cl)c32)C1. The molecule has 1 saturated carbocycles. The highest BCUT2D eigenvalue weighted by Crippen LogP contribution is 2.37. The summed E-state index contributed by atoms with van der Waals surface area (Å²) in [6, 6.07) is 6.48. The molecule has 1 aromatic carbocycles. The summed E-state index contributed by atoms with van der Waals surface area (Å²) >= 11 is 12.4. The Hall–Kier alpha value is -0.730. The molecule has 1 aromatic heterocycles. The molecule has 1 aliphatic carbocycles. The monoisotopic (exact) mass is 310 g/mol. The van der Waals surface area contributed by atoms with Gasteiger partial charge >= 0.3 is 0 Å². The van der Waals surface area contributed by atoms with Crippen molar-refractivity contribution < 1.29 is 0 Å². The molecule has 1 aliphatic rings. The molecule has 0 aliphatic heterocycles. The Kier molecular flexibility index (Phi) is 4.23. The maximum absolute atomic E-state index is 6.44. The third kappa shape index (κ3) is 2.56. The summed E-state index contributed by atoms with van der Waals surface area (Å²) in [5.41, 5.74) is 2.09. The van der Waals surface area contributed by atoms with Crippen molar-refractivity contribution in [1.29, 1.82) is 0 Å². The van der Waals surface area contributed by atoms with Gasteiger partial charge in [0.05, 0.1) is 16.1 Å². The molecule has 0 amide bonds. The van der Waals surface area contributed by atoms with Gasteiger partial charge in [-0.25, -0.2) is 4.98 Å². The molecular formula is C16H20Cl2N2. The third-order valence-corrected chi connectivity index (χ3v) is 4.82. The first kappa shape index (κ1) is 14.2. The molecule has 1 heterocycles. The number of rotatable bonds is 3. The topological polar surface area (TPSA) is 17.8 Å². The first-order valence-corrected chi connectivity index (χ1v) is 8.33. The van der Waals surface area contributed by atoms with E-state index < -0.39 is 0 Å². The van der Waals surface area contributed by atoms with Crippen LogP contribution in [0.25, 0.3) is 11.0 Å². The van der Waals surface area contributed by atoms with E-state index in [0.717, 1.165) is 34.2 Å². The number of hydrogen-bond donors (Lipinski definition) is 0. The number of imidazole rings is 1. The number of aryl methyl sites for hydroxylation is 1. The van der Waals surface area contributed by atoms with Crippen LogP contribution in [-0.2, 0) is 6.42 Å². The molecule has 0 N–H and O–H groups in total. The van der Waals surface area contributed by atoms with Crippen molar-refractivity contribution in [2.24, 2.45) is 5.92 Å². The number of halogens is 2. The number of fused-ring (bicyclic) bond motifs is 1. The fraction of sp³-hybridized carbons (Fsp3) is 0.562. The van der Waals surface area contributed by atoms with Crippen LogP contribution in [0.1, 0.15) is 44.5 Å². The molecule has 0 saturated heterocycles. The molecule has 0 radical (unpaired) electrons. The lowest BCUT2D eigenvalue weighted by molar-refractivity contribution is 0.283. The van der Waals surface area contributed by atoms with Gasteiger partial charge in [0.2, 0.25) is 0 Å². The predicted octanol–water partition coefficient (Wildman–Crippen LogP) is 5.22. The summed E-state index contributed by atoms with van der Waals surface area (Å²) in [5, 5.41) is 0.800. The minimum absolute atomic E-state index is 0.516. The van der Waals surface area contributed by atoms with Crippen molar-refractivity contribution in [3.05, 3.63) is 29.0 Å². The van der Waals surface area contributed by atoms with Gasteiger partial charge in [-0.2, -0.15) is 0 Å². The van der Waals surface area contributed by atoms with Crippen molar-refractivity contribution >= 4 is 34.2 Å². The molecular weight excluding hydrogens is 291 g/mol. The van der Waals surface area contributed by atoms with Gasteiger partial charge in [-0.05, 0) is 30.9 Å². The molecule has 2 atom stereocenters. The summed E-state index contributed by atoms with van der Waals surface area (Å²) in [5.74, 6) is 2.46. The first-order chi connectivity index (χ1) is 9.70. The third-order valence-electron chi connectivity index (χ3n) is 4.33. The smallest absolute Gasteiger partial charge is 0.111 e. The van der Waals surface area contributed by atoms with Crippen molar-refractivity contribution in [3.63, 3.8) is 0 Å². The van der Waals surface area contributed by atoms with E-state index in [1.807, 2.05) is 18.2 Å². The number of hydrogen-bond acceptors (Lipinski definition) is 1. The number of aromatic nitrogens is 2. The highest BCUT2D eigenvalue weighted by molar-refractivity contribution is 6.35. The Morgan fingerprint density at radius 3 is 2.95 bits per heavy atom. The number of benzene rings is 1. The van der Waals surface area contributed by atoms with Gasteiger partial charge in [-0.3, -0.25) is 0 Å². The number of alkyl halides is 1. The van der Waals surface area contributed by atoms with Crippen LogP contribution in [0.2, 0.25) is 5.02 Å². The second-order valence-corrected chi connectivity index (χ2v) is 6.66. The number of nitrogens with zero attached hydrogens (tertiary/aromatic N) is 2. The van der Waals surface area contributed by atoms with E-state index in [-0.39, 0.29) is 0 Å². The second-order valence-electron chi connectivity index (χ2n) is 5.87. The highest BCUT2D eigenvalue weighted by atomic mass is 35.5. The summed E-state index contributed by atoms with van der Waals surface area (Å²) < 4.78 is 2.37. The zero-order valence-corrected chi connectivity index (χ0v) is 13.3. The van der Waals surface area contributed by atoms with Crippen molar-refractivity contribution in [2.45, 2.75) is 45.1 Å². The second kappa shape index (κ2) is 5.95. The maximum atomic E-state index is 6.44. The van der Waals surface area contributed by atoms with Crippen LogP contribution in [0.5, 0.6) is 0 Å². The molecule has 3 rings (SSSR count). The van der Waals surface area contributed by atoms with Gasteiger partial charge in [-0.15, -0.1) is 11.6 Å². The zero-order chi connectivity index (χ0) is 14.1. The Balaban J connectivity index is 2.12. The Bertz CT molecular complexity index is 606. The summed E-state index contributed by atoms with van der Waals surface area (Å²) in [4.78, 5) is 4.76. The van der Waals surface area contributed by atoms with Crippen LogP contribution in [-0.4, -0.2) is 15.4 Å². The van der Waals surface area contributed by atoms with E-state index in [0.29, 0.717) is 11.9 Å². The van der Waals surface area contributed by atoms with Gasteiger partial charge in [0.25, 0.3) is 0 Å². The van der Waals surface area contributed by atoms with Crippen LogP contribution in [0.3, 0.4) is 0 Å². The first-order valence-electron chi connectivity index (χ1n) is 7.42. The summed E-state index contributed by atoms with van der Waals surface area (Å²) in [6.45, 7) is 2.34. The fourth-order valence-electron chi connectivity index (χ4n) is 3.45. The molecule has 1 fully saturated rings. The van der Waals surface area contributed by atoms with Crippen molar-refractivity contribution in [3.8, 4) is 0 Å². The van der Waals surface area contributed by atoms with Gasteiger partial charge in [-0.1, -0.05) is 37.4 Å². The fourth-order valence-corrected chi connectivity index (χ4v) is 3.88. The summed E-state index contributed by atoms with van der Waals surface area (Å²) in [7, 11) is 0. The van der Waals surface area contributed by atoms with Gasteiger partial charge in [0, 0.05) is 18.3 Å². The van der Waals surface area contributed by atoms with Crippen molar-refractivity contribution in [2.75, 3.05) is 5.88 Å². The number of para-hydroxylation sites is 1. The lowest BCUT2D eigenvalue weighted by atomic mass is 9.87. The molecule has 2 unspecified atom stereocenters. The van der Waals surface area contributed by atoms with E-state index >= 15 is 0 Å². The highest BCUT2D eigenvalue weighted by Gasteiger charge is 2.25. The molecule has 108 valence electrons. The molecule has 0 bridgehead atoms. The average Bonchev–Trinajstić information content (AvgIpc) is 2.79. The van der Waals surface area contributed by atoms with Gasteiger partial charge < -0.3 is 4.57 Å².